The number of aliphatic hydroxyl groups is 1. The molecule has 4 nitrogen and oxygen atoms in total. The van der Waals surface area contributed by atoms with Crippen molar-refractivity contribution in [2.45, 2.75) is 26.3 Å². The van der Waals surface area contributed by atoms with Gasteiger partial charge in [0, 0.05) is 36.3 Å². The summed E-state index contributed by atoms with van der Waals surface area (Å²) in [5.41, 5.74) is 1.65. The first-order valence-corrected chi connectivity index (χ1v) is 7.27. The Hall–Kier alpha value is -2.07. The Morgan fingerprint density at radius 1 is 1.19 bits per heavy atom. The van der Waals surface area contributed by atoms with Crippen LogP contribution in [0.15, 0.2) is 48.8 Å². The van der Waals surface area contributed by atoms with Gasteiger partial charge >= 0.3 is 0 Å². The molecule has 21 heavy (non-hydrogen) atoms. The molecule has 0 radical (unpaired) electrons. The Kier molecular flexibility index (Phi) is 5.17. The third kappa shape index (κ3) is 3.95. The molecule has 4 heteroatoms. The number of aliphatic hydroxyl groups excluding tert-OH is 1. The molecule has 0 saturated carbocycles. The fourth-order valence-corrected chi connectivity index (χ4v) is 2.25. The number of hydrogen-bond donors (Lipinski definition) is 2. The monoisotopic (exact) mass is 286 g/mol. The summed E-state index contributed by atoms with van der Waals surface area (Å²) < 4.78 is 1.99. The van der Waals surface area contributed by atoms with Gasteiger partial charge in [-0.3, -0.25) is 4.79 Å². The SMILES string of the molecule is CC(C)C(CCO)NC(=O)c1ccc(-n2cccc2)cc1. The van der Waals surface area contributed by atoms with E-state index in [0.717, 1.165) is 5.69 Å². The average molecular weight is 286 g/mol. The molecule has 1 amide bonds. The van der Waals surface area contributed by atoms with E-state index in [2.05, 4.69) is 5.32 Å². The summed E-state index contributed by atoms with van der Waals surface area (Å²) in [5.74, 6) is 0.196. The highest BCUT2D eigenvalue weighted by Gasteiger charge is 2.16. The standard InChI is InChI=1S/C17H22N2O2/c1-13(2)16(9-12-20)18-17(21)14-5-7-15(8-6-14)19-10-3-4-11-19/h3-8,10-11,13,16,20H,9,12H2,1-2H3,(H,18,21). The van der Waals surface area contributed by atoms with Gasteiger partial charge in [-0.25, -0.2) is 0 Å². The second kappa shape index (κ2) is 7.09. The number of nitrogens with one attached hydrogen (secondary N) is 1. The van der Waals surface area contributed by atoms with Crippen molar-refractivity contribution in [3.8, 4) is 5.69 Å². The van der Waals surface area contributed by atoms with Crippen LogP contribution in [0, 0.1) is 5.92 Å². The molecule has 2 N–H and O–H groups in total. The van der Waals surface area contributed by atoms with Gasteiger partial charge in [0.25, 0.3) is 5.91 Å². The Bertz CT molecular complexity index is 559. The van der Waals surface area contributed by atoms with E-state index in [1.165, 1.54) is 0 Å². The lowest BCUT2D eigenvalue weighted by atomic mass is 10.0. The molecular formula is C17H22N2O2. The zero-order valence-electron chi connectivity index (χ0n) is 12.5. The van der Waals surface area contributed by atoms with E-state index in [4.69, 9.17) is 5.11 Å². The summed E-state index contributed by atoms with van der Waals surface area (Å²) in [6.07, 6.45) is 4.50. The first-order chi connectivity index (χ1) is 10.1. The van der Waals surface area contributed by atoms with Gasteiger partial charge in [0.2, 0.25) is 0 Å². The van der Waals surface area contributed by atoms with Gasteiger partial charge in [-0.15, -0.1) is 0 Å². The third-order valence-corrected chi connectivity index (χ3v) is 3.59. The molecule has 2 rings (SSSR count). The van der Waals surface area contributed by atoms with Crippen LogP contribution in [0.1, 0.15) is 30.6 Å². The van der Waals surface area contributed by atoms with Gasteiger partial charge in [-0.05, 0) is 48.7 Å². The predicted octanol–water partition coefficient (Wildman–Crippen LogP) is 2.61. The number of nitrogens with zero attached hydrogens (tertiary/aromatic N) is 1. The molecule has 1 atom stereocenters. The van der Waals surface area contributed by atoms with Crippen LogP contribution in [0.5, 0.6) is 0 Å². The first-order valence-electron chi connectivity index (χ1n) is 7.27. The van der Waals surface area contributed by atoms with Crippen molar-refractivity contribution in [3.05, 3.63) is 54.4 Å². The normalized spacial score (nSPS) is 12.4. The van der Waals surface area contributed by atoms with Crippen LogP contribution in [0.2, 0.25) is 0 Å². The van der Waals surface area contributed by atoms with Gasteiger partial charge in [-0.2, -0.15) is 0 Å². The number of hydrogen-bond acceptors (Lipinski definition) is 2. The van der Waals surface area contributed by atoms with E-state index >= 15 is 0 Å². The fraction of sp³-hybridized carbons (Fsp3) is 0.353. The molecule has 112 valence electrons. The van der Waals surface area contributed by atoms with Crippen molar-refractivity contribution in [1.82, 2.24) is 9.88 Å². The molecule has 0 fully saturated rings. The first kappa shape index (κ1) is 15.3. The summed E-state index contributed by atoms with van der Waals surface area (Å²) in [5, 5.41) is 12.0. The Labute approximate surface area is 125 Å². The highest BCUT2D eigenvalue weighted by molar-refractivity contribution is 5.94. The Morgan fingerprint density at radius 3 is 2.33 bits per heavy atom. The van der Waals surface area contributed by atoms with Crippen LogP contribution in [-0.2, 0) is 0 Å². The second-order valence-electron chi connectivity index (χ2n) is 5.47. The molecule has 2 aromatic rings. The van der Waals surface area contributed by atoms with E-state index in [-0.39, 0.29) is 18.6 Å². The second-order valence-corrected chi connectivity index (χ2v) is 5.47. The van der Waals surface area contributed by atoms with Crippen LogP contribution in [-0.4, -0.2) is 28.2 Å². The number of carbonyl (C=O) groups is 1. The predicted molar refractivity (Wildman–Crippen MR) is 83.6 cm³/mol. The molecule has 1 aromatic carbocycles. The lowest BCUT2D eigenvalue weighted by Crippen LogP contribution is -2.39. The van der Waals surface area contributed by atoms with Crippen molar-refractivity contribution >= 4 is 5.91 Å². The van der Waals surface area contributed by atoms with E-state index < -0.39 is 0 Å². The Balaban J connectivity index is 2.06. The quantitative estimate of drug-likeness (QED) is 0.857. The van der Waals surface area contributed by atoms with Crippen molar-refractivity contribution in [2.75, 3.05) is 6.61 Å². The summed E-state index contributed by atoms with van der Waals surface area (Å²) in [6, 6.07) is 11.4. The summed E-state index contributed by atoms with van der Waals surface area (Å²) in [4.78, 5) is 12.2. The van der Waals surface area contributed by atoms with Crippen molar-refractivity contribution in [2.24, 2.45) is 5.92 Å². The Morgan fingerprint density at radius 2 is 1.81 bits per heavy atom. The molecule has 1 heterocycles. The summed E-state index contributed by atoms with van der Waals surface area (Å²) >= 11 is 0. The molecule has 0 aliphatic rings. The molecule has 0 bridgehead atoms. The molecule has 0 aliphatic heterocycles. The summed E-state index contributed by atoms with van der Waals surface area (Å²) in [6.45, 7) is 4.15. The minimum absolute atomic E-state index is 0.00775. The summed E-state index contributed by atoms with van der Waals surface area (Å²) in [7, 11) is 0. The van der Waals surface area contributed by atoms with Gasteiger partial charge in [0.1, 0.15) is 0 Å². The van der Waals surface area contributed by atoms with Crippen LogP contribution < -0.4 is 5.32 Å². The topological polar surface area (TPSA) is 54.3 Å². The number of aromatic nitrogens is 1. The average Bonchev–Trinajstić information content (AvgIpc) is 3.01. The van der Waals surface area contributed by atoms with Crippen LogP contribution in [0.25, 0.3) is 5.69 Å². The number of carbonyl (C=O) groups excluding carboxylic acids is 1. The number of rotatable bonds is 6. The molecule has 0 saturated heterocycles. The van der Waals surface area contributed by atoms with Gasteiger partial charge in [0.15, 0.2) is 0 Å². The maximum absolute atomic E-state index is 12.2. The van der Waals surface area contributed by atoms with Crippen molar-refractivity contribution in [3.63, 3.8) is 0 Å². The van der Waals surface area contributed by atoms with E-state index in [0.29, 0.717) is 17.9 Å². The lowest BCUT2D eigenvalue weighted by molar-refractivity contribution is 0.0916. The zero-order chi connectivity index (χ0) is 15.2. The molecular weight excluding hydrogens is 264 g/mol. The highest BCUT2D eigenvalue weighted by atomic mass is 16.3. The smallest absolute Gasteiger partial charge is 0.251 e. The van der Waals surface area contributed by atoms with Gasteiger partial charge in [0.05, 0.1) is 0 Å². The molecule has 1 unspecified atom stereocenters. The zero-order valence-corrected chi connectivity index (χ0v) is 12.5. The fourth-order valence-electron chi connectivity index (χ4n) is 2.25. The number of benzene rings is 1. The van der Waals surface area contributed by atoms with Crippen LogP contribution >= 0.6 is 0 Å². The van der Waals surface area contributed by atoms with E-state index in [9.17, 15) is 4.79 Å². The molecule has 1 aromatic heterocycles. The van der Waals surface area contributed by atoms with Crippen LogP contribution in [0.3, 0.4) is 0 Å². The maximum Gasteiger partial charge on any atom is 0.251 e. The van der Waals surface area contributed by atoms with Gasteiger partial charge < -0.3 is 15.0 Å². The van der Waals surface area contributed by atoms with E-state index in [1.54, 1.807) is 0 Å². The van der Waals surface area contributed by atoms with Crippen molar-refractivity contribution < 1.29 is 9.90 Å². The van der Waals surface area contributed by atoms with E-state index in [1.807, 2.05) is 67.2 Å². The van der Waals surface area contributed by atoms with Crippen LogP contribution in [0.4, 0.5) is 0 Å². The minimum atomic E-state index is -0.0961. The highest BCUT2D eigenvalue weighted by Crippen LogP contribution is 2.12. The largest absolute Gasteiger partial charge is 0.396 e. The maximum atomic E-state index is 12.2. The van der Waals surface area contributed by atoms with Gasteiger partial charge in [-0.1, -0.05) is 13.8 Å². The minimum Gasteiger partial charge on any atom is -0.396 e. The molecule has 0 spiro atoms. The van der Waals surface area contributed by atoms with Crippen molar-refractivity contribution in [1.29, 1.82) is 0 Å². The molecule has 0 aliphatic carbocycles. The lowest BCUT2D eigenvalue weighted by Gasteiger charge is -2.21. The third-order valence-electron chi connectivity index (χ3n) is 3.59. The number of amides is 1.